The highest BCUT2D eigenvalue weighted by Crippen LogP contribution is 2.07. The van der Waals surface area contributed by atoms with E-state index in [0.29, 0.717) is 0 Å². The zero-order valence-electron chi connectivity index (χ0n) is 6.81. The Labute approximate surface area is 74.4 Å². The molecular formula is C8H6N2O3. The molecule has 0 aliphatic heterocycles. The van der Waals surface area contributed by atoms with Crippen LogP contribution in [0.4, 0.5) is 0 Å². The van der Waals surface area contributed by atoms with Crippen molar-refractivity contribution in [3.63, 3.8) is 0 Å². The molecule has 5 heteroatoms. The minimum atomic E-state index is -1.22. The van der Waals surface area contributed by atoms with Crippen molar-refractivity contribution in [1.82, 2.24) is 9.97 Å². The van der Waals surface area contributed by atoms with Crippen molar-refractivity contribution in [2.45, 2.75) is 0 Å². The third kappa shape index (κ3) is 2.45. The molecule has 0 saturated carbocycles. The molecule has 0 amide bonds. The van der Waals surface area contributed by atoms with Crippen LogP contribution in [0.1, 0.15) is 5.69 Å². The van der Waals surface area contributed by atoms with Gasteiger partial charge in [-0.2, -0.15) is 0 Å². The first-order valence-electron chi connectivity index (χ1n) is 3.34. The summed E-state index contributed by atoms with van der Waals surface area (Å²) in [6, 6.07) is 0. The molecule has 1 aromatic rings. The fourth-order valence-electron chi connectivity index (χ4n) is 0.673. The second-order valence-corrected chi connectivity index (χ2v) is 1.97. The van der Waals surface area contributed by atoms with Crippen molar-refractivity contribution in [2.75, 3.05) is 7.11 Å². The Balaban J connectivity index is 3.02. The Morgan fingerprint density at radius 1 is 1.54 bits per heavy atom. The lowest BCUT2D eigenvalue weighted by molar-refractivity contribution is -0.130. The van der Waals surface area contributed by atoms with Crippen molar-refractivity contribution in [3.05, 3.63) is 18.1 Å². The number of rotatable bonds is 1. The fraction of sp³-hybridized carbons (Fsp3) is 0.125. The molecule has 1 aromatic heterocycles. The van der Waals surface area contributed by atoms with Gasteiger partial charge in [0.15, 0.2) is 5.69 Å². The van der Waals surface area contributed by atoms with Crippen LogP contribution < -0.4 is 4.74 Å². The van der Waals surface area contributed by atoms with E-state index in [4.69, 9.17) is 9.84 Å². The van der Waals surface area contributed by atoms with E-state index in [0.717, 1.165) is 0 Å². The Bertz CT molecular complexity index is 378. The van der Waals surface area contributed by atoms with Gasteiger partial charge in [-0.3, -0.25) is 0 Å². The molecule has 0 aliphatic rings. The Morgan fingerprint density at radius 2 is 2.23 bits per heavy atom. The smallest absolute Gasteiger partial charge is 0.382 e. The summed E-state index contributed by atoms with van der Waals surface area (Å²) < 4.78 is 4.81. The summed E-state index contributed by atoms with van der Waals surface area (Å²) in [6.45, 7) is 0. The number of carboxylic acid groups (broad SMARTS) is 1. The molecule has 13 heavy (non-hydrogen) atoms. The maximum absolute atomic E-state index is 10.1. The monoisotopic (exact) mass is 178 g/mol. The molecule has 0 radical (unpaired) electrons. The first kappa shape index (κ1) is 9.00. The Morgan fingerprint density at radius 3 is 2.85 bits per heavy atom. The molecule has 0 saturated heterocycles. The SMILES string of the molecule is COc1nccnc1C#CC(=O)O. The van der Waals surface area contributed by atoms with Crippen LogP contribution in [-0.4, -0.2) is 28.2 Å². The van der Waals surface area contributed by atoms with Crippen molar-refractivity contribution >= 4 is 5.97 Å². The van der Waals surface area contributed by atoms with Crippen LogP contribution in [0.2, 0.25) is 0 Å². The quantitative estimate of drug-likeness (QED) is 0.609. The van der Waals surface area contributed by atoms with Gasteiger partial charge < -0.3 is 9.84 Å². The summed E-state index contributed by atoms with van der Waals surface area (Å²) >= 11 is 0. The number of aliphatic carboxylic acids is 1. The molecule has 1 heterocycles. The minimum absolute atomic E-state index is 0.215. The lowest BCUT2D eigenvalue weighted by Gasteiger charge is -1.97. The summed E-state index contributed by atoms with van der Waals surface area (Å²) in [5, 5.41) is 8.28. The van der Waals surface area contributed by atoms with Crippen LogP contribution in [0.25, 0.3) is 0 Å². The van der Waals surface area contributed by atoms with E-state index in [1.54, 1.807) is 0 Å². The standard InChI is InChI=1S/C8H6N2O3/c1-13-8-6(2-3-7(11)12)9-4-5-10-8/h4-5H,1H3,(H,11,12). The number of hydrogen-bond acceptors (Lipinski definition) is 4. The summed E-state index contributed by atoms with van der Waals surface area (Å²) in [7, 11) is 1.41. The highest BCUT2D eigenvalue weighted by atomic mass is 16.5. The fourth-order valence-corrected chi connectivity index (χ4v) is 0.673. The minimum Gasteiger partial charge on any atom is -0.479 e. The number of aromatic nitrogens is 2. The third-order valence-electron chi connectivity index (χ3n) is 1.15. The van der Waals surface area contributed by atoms with Crippen molar-refractivity contribution < 1.29 is 14.6 Å². The first-order valence-corrected chi connectivity index (χ1v) is 3.34. The Hall–Kier alpha value is -2.09. The van der Waals surface area contributed by atoms with E-state index in [-0.39, 0.29) is 11.6 Å². The molecule has 0 spiro atoms. The average molecular weight is 178 g/mol. The average Bonchev–Trinajstić information content (AvgIpc) is 2.15. The summed E-state index contributed by atoms with van der Waals surface area (Å²) in [6.07, 6.45) is 2.85. The van der Waals surface area contributed by atoms with Crippen LogP contribution >= 0.6 is 0 Å². The number of carbonyl (C=O) groups is 1. The molecule has 0 bridgehead atoms. The maximum Gasteiger partial charge on any atom is 0.382 e. The second kappa shape index (κ2) is 4.07. The molecule has 1 N–H and O–H groups in total. The van der Waals surface area contributed by atoms with Gasteiger partial charge in [0.1, 0.15) is 0 Å². The van der Waals surface area contributed by atoms with Crippen LogP contribution in [0.3, 0.4) is 0 Å². The third-order valence-corrected chi connectivity index (χ3v) is 1.15. The summed E-state index contributed by atoms with van der Waals surface area (Å²) in [4.78, 5) is 17.7. The van der Waals surface area contributed by atoms with E-state index in [2.05, 4.69) is 15.9 Å². The number of carboxylic acids is 1. The lowest BCUT2D eigenvalue weighted by Crippen LogP contribution is -1.95. The van der Waals surface area contributed by atoms with Crippen molar-refractivity contribution in [2.24, 2.45) is 0 Å². The van der Waals surface area contributed by atoms with Gasteiger partial charge >= 0.3 is 5.97 Å². The second-order valence-electron chi connectivity index (χ2n) is 1.97. The van der Waals surface area contributed by atoms with Crippen molar-refractivity contribution in [3.8, 4) is 17.7 Å². The van der Waals surface area contributed by atoms with Gasteiger partial charge in [0, 0.05) is 18.3 Å². The van der Waals surface area contributed by atoms with E-state index in [1.165, 1.54) is 19.5 Å². The predicted octanol–water partition coefficient (Wildman–Crippen LogP) is -0.0787. The summed E-state index contributed by atoms with van der Waals surface area (Å²) in [5.74, 6) is 3.24. The number of nitrogens with zero attached hydrogens (tertiary/aromatic N) is 2. The number of hydrogen-bond donors (Lipinski definition) is 1. The highest BCUT2D eigenvalue weighted by Gasteiger charge is 2.00. The van der Waals surface area contributed by atoms with Gasteiger partial charge in [-0.1, -0.05) is 0 Å². The van der Waals surface area contributed by atoms with Gasteiger partial charge in [0.2, 0.25) is 5.88 Å². The largest absolute Gasteiger partial charge is 0.479 e. The lowest BCUT2D eigenvalue weighted by atomic mass is 10.4. The number of ether oxygens (including phenoxy) is 1. The molecule has 0 aromatic carbocycles. The van der Waals surface area contributed by atoms with Crippen molar-refractivity contribution in [1.29, 1.82) is 0 Å². The van der Waals surface area contributed by atoms with Crippen LogP contribution in [0.15, 0.2) is 12.4 Å². The van der Waals surface area contributed by atoms with E-state index in [9.17, 15) is 4.79 Å². The topological polar surface area (TPSA) is 72.3 Å². The van der Waals surface area contributed by atoms with E-state index >= 15 is 0 Å². The highest BCUT2D eigenvalue weighted by molar-refractivity contribution is 5.87. The molecule has 1 rings (SSSR count). The summed E-state index contributed by atoms with van der Waals surface area (Å²) in [5.41, 5.74) is 0.215. The zero-order valence-corrected chi connectivity index (χ0v) is 6.81. The number of methoxy groups -OCH3 is 1. The van der Waals surface area contributed by atoms with E-state index in [1.807, 2.05) is 5.92 Å². The van der Waals surface area contributed by atoms with Crippen LogP contribution in [0, 0.1) is 11.8 Å². The van der Waals surface area contributed by atoms with Crippen LogP contribution in [0.5, 0.6) is 5.88 Å². The van der Waals surface area contributed by atoms with Gasteiger partial charge in [0.25, 0.3) is 0 Å². The molecule has 0 atom stereocenters. The first-order chi connectivity index (χ1) is 6.24. The van der Waals surface area contributed by atoms with E-state index < -0.39 is 5.97 Å². The van der Waals surface area contributed by atoms with Gasteiger partial charge in [0.05, 0.1) is 7.11 Å². The molecule has 0 aliphatic carbocycles. The molecule has 66 valence electrons. The molecule has 0 fully saturated rings. The van der Waals surface area contributed by atoms with Crippen LogP contribution in [-0.2, 0) is 4.79 Å². The van der Waals surface area contributed by atoms with Gasteiger partial charge in [-0.05, 0) is 5.92 Å². The van der Waals surface area contributed by atoms with Gasteiger partial charge in [-0.25, -0.2) is 14.8 Å². The normalized spacial score (nSPS) is 8.38. The molecular weight excluding hydrogens is 172 g/mol. The van der Waals surface area contributed by atoms with Gasteiger partial charge in [-0.15, -0.1) is 0 Å². The molecule has 5 nitrogen and oxygen atoms in total. The predicted molar refractivity (Wildman–Crippen MR) is 43.1 cm³/mol. The molecule has 0 unspecified atom stereocenters. The Kier molecular flexibility index (Phi) is 2.82. The zero-order chi connectivity index (χ0) is 9.68. The maximum atomic E-state index is 10.1.